The van der Waals surface area contributed by atoms with E-state index in [0.717, 1.165) is 28.8 Å². The summed E-state index contributed by atoms with van der Waals surface area (Å²) in [6.45, 7) is 9.88. The number of hydrogen-bond donors (Lipinski definition) is 0. The minimum absolute atomic E-state index is 0.348. The standard InChI is InChI=1S/C15H29P/c1-11(2)14-9-10-15(12(3)4)16(14)13-7-5-6-8-13/h11-15H,5-10H2,1-4H3/t14-,15-/m1/s1. The number of hydrogen-bond acceptors (Lipinski definition) is 0. The van der Waals surface area contributed by atoms with Crippen LogP contribution in [0.25, 0.3) is 0 Å². The maximum atomic E-state index is 2.47. The summed E-state index contributed by atoms with van der Waals surface area (Å²) < 4.78 is 0. The first-order chi connectivity index (χ1) is 7.61. The van der Waals surface area contributed by atoms with E-state index in [9.17, 15) is 0 Å². The van der Waals surface area contributed by atoms with Crippen LogP contribution >= 0.6 is 7.92 Å². The lowest BCUT2D eigenvalue weighted by Gasteiger charge is -2.35. The lowest BCUT2D eigenvalue weighted by molar-refractivity contribution is 0.543. The Labute approximate surface area is 103 Å². The first-order valence-electron chi connectivity index (χ1n) is 7.38. The molecule has 1 aliphatic carbocycles. The summed E-state index contributed by atoms with van der Waals surface area (Å²) in [5, 5.41) is 0. The van der Waals surface area contributed by atoms with Crippen molar-refractivity contribution < 1.29 is 0 Å². The molecule has 1 saturated carbocycles. The summed E-state index contributed by atoms with van der Waals surface area (Å²) in [6, 6.07) is 0. The summed E-state index contributed by atoms with van der Waals surface area (Å²) in [5.41, 5.74) is 3.35. The number of rotatable bonds is 3. The highest BCUT2D eigenvalue weighted by molar-refractivity contribution is 7.60. The highest BCUT2D eigenvalue weighted by Crippen LogP contribution is 2.65. The van der Waals surface area contributed by atoms with Crippen LogP contribution in [-0.4, -0.2) is 17.0 Å². The van der Waals surface area contributed by atoms with E-state index in [2.05, 4.69) is 27.7 Å². The molecular formula is C15H29P. The first-order valence-corrected chi connectivity index (χ1v) is 8.93. The van der Waals surface area contributed by atoms with E-state index in [4.69, 9.17) is 0 Å². The van der Waals surface area contributed by atoms with Crippen molar-refractivity contribution in [1.82, 2.24) is 0 Å². The SMILES string of the molecule is CC(C)[C@H]1CC[C@H](C(C)C)P1C1CCCC1. The molecule has 0 aromatic rings. The maximum Gasteiger partial charge on any atom is -0.0181 e. The molecule has 0 bridgehead atoms. The van der Waals surface area contributed by atoms with Crippen LogP contribution in [0.1, 0.15) is 66.2 Å². The fourth-order valence-electron chi connectivity index (χ4n) is 3.98. The van der Waals surface area contributed by atoms with Crippen molar-refractivity contribution in [2.45, 2.75) is 83.2 Å². The smallest absolute Gasteiger partial charge is 0.0181 e. The molecule has 1 saturated heterocycles. The molecule has 2 atom stereocenters. The van der Waals surface area contributed by atoms with Gasteiger partial charge in [-0.15, -0.1) is 0 Å². The quantitative estimate of drug-likeness (QED) is 0.591. The molecule has 1 aliphatic heterocycles. The first kappa shape index (κ1) is 12.9. The van der Waals surface area contributed by atoms with Gasteiger partial charge in [-0.05, 0) is 54.5 Å². The van der Waals surface area contributed by atoms with E-state index < -0.39 is 0 Å². The fraction of sp³-hybridized carbons (Fsp3) is 1.00. The van der Waals surface area contributed by atoms with Crippen molar-refractivity contribution in [1.29, 1.82) is 0 Å². The Kier molecular flexibility index (Phi) is 4.33. The molecule has 0 radical (unpaired) electrons. The Morgan fingerprint density at radius 3 is 1.56 bits per heavy atom. The summed E-state index contributed by atoms with van der Waals surface area (Å²) in [4.78, 5) is 0. The van der Waals surface area contributed by atoms with E-state index in [1.165, 1.54) is 12.8 Å². The Morgan fingerprint density at radius 2 is 1.19 bits per heavy atom. The van der Waals surface area contributed by atoms with Crippen LogP contribution in [0, 0.1) is 11.8 Å². The predicted molar refractivity (Wildman–Crippen MR) is 75.7 cm³/mol. The van der Waals surface area contributed by atoms with Gasteiger partial charge in [0.2, 0.25) is 0 Å². The second-order valence-electron chi connectivity index (χ2n) is 6.59. The van der Waals surface area contributed by atoms with E-state index >= 15 is 0 Å². The largest absolute Gasteiger partial charge is 0.0966 e. The van der Waals surface area contributed by atoms with E-state index in [0.29, 0.717) is 7.92 Å². The van der Waals surface area contributed by atoms with E-state index in [-0.39, 0.29) is 0 Å². The molecule has 1 heterocycles. The Bertz CT molecular complexity index is 199. The fourth-order valence-corrected chi connectivity index (χ4v) is 8.79. The van der Waals surface area contributed by atoms with Crippen LogP contribution in [0.3, 0.4) is 0 Å². The third kappa shape index (κ3) is 2.47. The summed E-state index contributed by atoms with van der Waals surface area (Å²) in [5.74, 6) is 1.88. The molecule has 0 aromatic carbocycles. The molecule has 0 amide bonds. The van der Waals surface area contributed by atoms with Crippen LogP contribution in [0.15, 0.2) is 0 Å². The molecule has 2 rings (SSSR count). The van der Waals surface area contributed by atoms with Crippen molar-refractivity contribution in [3.63, 3.8) is 0 Å². The zero-order valence-corrected chi connectivity index (χ0v) is 12.5. The van der Waals surface area contributed by atoms with Crippen LogP contribution in [-0.2, 0) is 0 Å². The molecule has 0 unspecified atom stereocenters. The maximum absolute atomic E-state index is 2.47. The average molecular weight is 240 g/mol. The summed E-state index contributed by atoms with van der Waals surface area (Å²) in [7, 11) is 0.348. The lowest BCUT2D eigenvalue weighted by Crippen LogP contribution is -2.20. The highest BCUT2D eigenvalue weighted by atomic mass is 31.1. The van der Waals surface area contributed by atoms with Crippen LogP contribution in [0.2, 0.25) is 0 Å². The van der Waals surface area contributed by atoms with Gasteiger partial charge in [0.15, 0.2) is 0 Å². The third-order valence-electron chi connectivity index (χ3n) is 4.81. The zero-order valence-electron chi connectivity index (χ0n) is 11.6. The predicted octanol–water partition coefficient (Wildman–Crippen LogP) is 5.25. The van der Waals surface area contributed by atoms with Crippen molar-refractivity contribution in [3.05, 3.63) is 0 Å². The topological polar surface area (TPSA) is 0 Å². The molecule has 16 heavy (non-hydrogen) atoms. The molecule has 0 N–H and O–H groups in total. The summed E-state index contributed by atoms with van der Waals surface area (Å²) in [6.07, 6.45) is 9.28. The molecule has 94 valence electrons. The second-order valence-corrected chi connectivity index (χ2v) is 9.54. The van der Waals surface area contributed by atoms with E-state index in [1.54, 1.807) is 25.7 Å². The highest BCUT2D eigenvalue weighted by Gasteiger charge is 2.42. The monoisotopic (exact) mass is 240 g/mol. The van der Waals surface area contributed by atoms with Crippen LogP contribution in [0.5, 0.6) is 0 Å². The molecule has 0 aromatic heterocycles. The van der Waals surface area contributed by atoms with Crippen molar-refractivity contribution in [2.24, 2.45) is 11.8 Å². The molecule has 2 aliphatic rings. The Morgan fingerprint density at radius 1 is 0.750 bits per heavy atom. The molecule has 1 heteroatoms. The van der Waals surface area contributed by atoms with Gasteiger partial charge in [0.25, 0.3) is 0 Å². The van der Waals surface area contributed by atoms with Gasteiger partial charge in [-0.2, -0.15) is 0 Å². The minimum Gasteiger partial charge on any atom is -0.0966 e. The Hall–Kier alpha value is 0.430. The van der Waals surface area contributed by atoms with Crippen LogP contribution < -0.4 is 0 Å². The van der Waals surface area contributed by atoms with Crippen LogP contribution in [0.4, 0.5) is 0 Å². The van der Waals surface area contributed by atoms with E-state index in [1.807, 2.05) is 0 Å². The van der Waals surface area contributed by atoms with Gasteiger partial charge in [-0.1, -0.05) is 48.5 Å². The van der Waals surface area contributed by atoms with Gasteiger partial charge in [0.1, 0.15) is 0 Å². The van der Waals surface area contributed by atoms with Gasteiger partial charge in [0.05, 0.1) is 0 Å². The minimum atomic E-state index is 0.348. The van der Waals surface area contributed by atoms with Gasteiger partial charge in [-0.3, -0.25) is 0 Å². The lowest BCUT2D eigenvalue weighted by atomic mass is 10.0. The molecule has 2 fully saturated rings. The average Bonchev–Trinajstić information content (AvgIpc) is 2.85. The summed E-state index contributed by atoms with van der Waals surface area (Å²) >= 11 is 0. The van der Waals surface area contributed by atoms with Crippen molar-refractivity contribution in [3.8, 4) is 0 Å². The van der Waals surface area contributed by atoms with Gasteiger partial charge < -0.3 is 0 Å². The van der Waals surface area contributed by atoms with Gasteiger partial charge in [0, 0.05) is 0 Å². The van der Waals surface area contributed by atoms with Crippen molar-refractivity contribution in [2.75, 3.05) is 0 Å². The normalized spacial score (nSPS) is 33.4. The Balaban J connectivity index is 2.11. The zero-order chi connectivity index (χ0) is 11.7. The second kappa shape index (κ2) is 5.38. The molecule has 0 spiro atoms. The molecule has 0 nitrogen and oxygen atoms in total. The van der Waals surface area contributed by atoms with Gasteiger partial charge in [-0.25, -0.2) is 0 Å². The van der Waals surface area contributed by atoms with Crippen molar-refractivity contribution >= 4 is 7.92 Å². The third-order valence-corrected chi connectivity index (χ3v) is 9.41. The van der Waals surface area contributed by atoms with Gasteiger partial charge >= 0.3 is 0 Å². The molecular weight excluding hydrogens is 211 g/mol.